The van der Waals surface area contributed by atoms with Crippen molar-refractivity contribution < 1.29 is 13.2 Å². The first kappa shape index (κ1) is 27.2. The molecule has 0 amide bonds. The molecule has 4 aromatic rings. The van der Waals surface area contributed by atoms with Crippen molar-refractivity contribution in [3.05, 3.63) is 54.9 Å². The second kappa shape index (κ2) is 10.9. The van der Waals surface area contributed by atoms with Crippen molar-refractivity contribution in [2.24, 2.45) is 0 Å². The van der Waals surface area contributed by atoms with Gasteiger partial charge in [-0.05, 0) is 46.1 Å². The van der Waals surface area contributed by atoms with Crippen LogP contribution in [0.3, 0.4) is 0 Å². The van der Waals surface area contributed by atoms with Gasteiger partial charge in [-0.1, -0.05) is 18.2 Å². The van der Waals surface area contributed by atoms with E-state index >= 15 is 0 Å². The molecule has 2 aromatic carbocycles. The van der Waals surface area contributed by atoms with Gasteiger partial charge >= 0.3 is 0 Å². The minimum atomic E-state index is -3.56. The molecule has 0 bridgehead atoms. The van der Waals surface area contributed by atoms with Crippen LogP contribution < -0.4 is 20.7 Å². The number of rotatable bonds is 10. The number of nitrogens with zero attached hydrogens (tertiary/aromatic N) is 5. The lowest BCUT2D eigenvalue weighted by Gasteiger charge is -2.24. The highest BCUT2D eigenvalue weighted by Crippen LogP contribution is 2.37. The number of fused-ring (bicyclic) bond motifs is 1. The van der Waals surface area contributed by atoms with Gasteiger partial charge < -0.3 is 25.6 Å². The number of ether oxygens (including phenoxy) is 1. The van der Waals surface area contributed by atoms with Crippen molar-refractivity contribution in [3.63, 3.8) is 0 Å². The number of anilines is 4. The maximum absolute atomic E-state index is 13.0. The number of nitrogens with one attached hydrogen (secondary N) is 1. The number of para-hydroxylation sites is 1. The van der Waals surface area contributed by atoms with Crippen molar-refractivity contribution in [2.75, 3.05) is 57.3 Å². The van der Waals surface area contributed by atoms with Crippen molar-refractivity contribution >= 4 is 43.9 Å². The van der Waals surface area contributed by atoms with E-state index in [1.54, 1.807) is 51.6 Å². The van der Waals surface area contributed by atoms with Crippen LogP contribution in [0.15, 0.2) is 54.9 Å². The molecule has 0 atom stereocenters. The standard InChI is InChI=1S/C27H35N7O3S/c1-18(2)38(35,36)34-17-20(19-9-7-8-10-24(19)34)22-11-12-29-27(30-22)31-23-15-21(28)25(16-26(23)37-6)33(5)14-13-32(3)4/h7-12,15-18H,13-14,28H2,1-6H3,(H,29,30,31). The van der Waals surface area contributed by atoms with Gasteiger partial charge in [0, 0.05) is 49.5 Å². The molecule has 0 radical (unpaired) electrons. The summed E-state index contributed by atoms with van der Waals surface area (Å²) in [7, 11) is 4.08. The highest BCUT2D eigenvalue weighted by atomic mass is 32.2. The van der Waals surface area contributed by atoms with Crippen LogP contribution in [0.5, 0.6) is 5.75 Å². The van der Waals surface area contributed by atoms with Gasteiger partial charge in [-0.2, -0.15) is 0 Å². The fourth-order valence-corrected chi connectivity index (χ4v) is 5.27. The Morgan fingerprint density at radius 2 is 1.84 bits per heavy atom. The van der Waals surface area contributed by atoms with Crippen molar-refractivity contribution in [1.29, 1.82) is 0 Å². The molecule has 0 fully saturated rings. The van der Waals surface area contributed by atoms with Gasteiger partial charge in [0.2, 0.25) is 16.0 Å². The van der Waals surface area contributed by atoms with E-state index in [4.69, 9.17) is 15.5 Å². The fraction of sp³-hybridized carbons (Fsp3) is 0.333. The summed E-state index contributed by atoms with van der Waals surface area (Å²) < 4.78 is 33.1. The van der Waals surface area contributed by atoms with Crippen LogP contribution in [0, 0.1) is 0 Å². The third kappa shape index (κ3) is 5.39. The van der Waals surface area contributed by atoms with Gasteiger partial charge in [-0.3, -0.25) is 0 Å². The fourth-order valence-electron chi connectivity index (χ4n) is 4.13. The Labute approximate surface area is 224 Å². The summed E-state index contributed by atoms with van der Waals surface area (Å²) in [5.74, 6) is 0.928. The highest BCUT2D eigenvalue weighted by molar-refractivity contribution is 7.90. The van der Waals surface area contributed by atoms with E-state index in [0.717, 1.165) is 24.2 Å². The Kier molecular flexibility index (Phi) is 7.79. The molecule has 11 heteroatoms. The number of aromatic nitrogens is 3. The van der Waals surface area contributed by atoms with E-state index in [9.17, 15) is 8.42 Å². The summed E-state index contributed by atoms with van der Waals surface area (Å²) in [6.45, 7) is 5.02. The first-order chi connectivity index (χ1) is 18.0. The largest absolute Gasteiger partial charge is 0.494 e. The Bertz CT molecular complexity index is 1550. The molecular formula is C27H35N7O3S. The van der Waals surface area contributed by atoms with E-state index < -0.39 is 15.3 Å². The van der Waals surface area contributed by atoms with Crippen molar-refractivity contribution in [2.45, 2.75) is 19.1 Å². The third-order valence-electron chi connectivity index (χ3n) is 6.37. The normalized spacial score (nSPS) is 11.9. The van der Waals surface area contributed by atoms with E-state index in [-0.39, 0.29) is 0 Å². The number of benzene rings is 2. The van der Waals surface area contributed by atoms with Crippen molar-refractivity contribution in [3.8, 4) is 17.0 Å². The molecule has 0 saturated heterocycles. The zero-order valence-corrected chi connectivity index (χ0v) is 23.5. The summed E-state index contributed by atoms with van der Waals surface area (Å²) in [6.07, 6.45) is 3.26. The minimum Gasteiger partial charge on any atom is -0.494 e. The lowest BCUT2D eigenvalue weighted by atomic mass is 10.1. The SMILES string of the molecule is COc1cc(N(C)CCN(C)C)c(N)cc1Nc1nccc(-c2cn(S(=O)(=O)C(C)C)c3ccccc23)n1. The van der Waals surface area contributed by atoms with Gasteiger partial charge in [-0.15, -0.1) is 0 Å². The van der Waals surface area contributed by atoms with Crippen LogP contribution in [-0.2, 0) is 10.0 Å². The maximum Gasteiger partial charge on any atom is 0.241 e. The lowest BCUT2D eigenvalue weighted by molar-refractivity contribution is 0.413. The Hall–Kier alpha value is -3.83. The Morgan fingerprint density at radius 3 is 2.53 bits per heavy atom. The molecule has 38 heavy (non-hydrogen) atoms. The third-order valence-corrected chi connectivity index (χ3v) is 8.41. The van der Waals surface area contributed by atoms with Gasteiger partial charge in [0.15, 0.2) is 0 Å². The highest BCUT2D eigenvalue weighted by Gasteiger charge is 2.23. The van der Waals surface area contributed by atoms with E-state index in [1.807, 2.05) is 45.4 Å². The summed E-state index contributed by atoms with van der Waals surface area (Å²) in [4.78, 5) is 13.3. The van der Waals surface area contributed by atoms with Crippen LogP contribution in [0.25, 0.3) is 22.2 Å². The van der Waals surface area contributed by atoms with E-state index in [1.165, 1.54) is 3.97 Å². The molecule has 202 valence electrons. The smallest absolute Gasteiger partial charge is 0.241 e. The van der Waals surface area contributed by atoms with E-state index in [2.05, 4.69) is 20.1 Å². The molecule has 0 unspecified atom stereocenters. The summed E-state index contributed by atoms with van der Waals surface area (Å²) in [5.41, 5.74) is 10.4. The second-order valence-electron chi connectivity index (χ2n) is 9.68. The molecule has 2 heterocycles. The van der Waals surface area contributed by atoms with Crippen LogP contribution >= 0.6 is 0 Å². The Balaban J connectivity index is 1.70. The first-order valence-electron chi connectivity index (χ1n) is 12.3. The molecular weight excluding hydrogens is 502 g/mol. The number of hydrogen-bond donors (Lipinski definition) is 2. The van der Waals surface area contributed by atoms with Crippen molar-refractivity contribution in [1.82, 2.24) is 18.8 Å². The molecule has 0 saturated carbocycles. The average Bonchev–Trinajstić information content (AvgIpc) is 3.28. The second-order valence-corrected chi connectivity index (χ2v) is 12.0. The van der Waals surface area contributed by atoms with Crippen LogP contribution in [0.2, 0.25) is 0 Å². The molecule has 0 aliphatic heterocycles. The molecule has 0 aliphatic rings. The lowest BCUT2D eigenvalue weighted by Crippen LogP contribution is -2.29. The van der Waals surface area contributed by atoms with Gasteiger partial charge in [0.05, 0.1) is 40.6 Å². The average molecular weight is 538 g/mol. The molecule has 3 N–H and O–H groups in total. The number of likely N-dealkylation sites (N-methyl/N-ethyl adjacent to an activating group) is 2. The molecule has 0 aliphatic carbocycles. The zero-order valence-electron chi connectivity index (χ0n) is 22.6. The predicted octanol–water partition coefficient (Wildman–Crippen LogP) is 4.02. The first-order valence-corrected chi connectivity index (χ1v) is 13.8. The van der Waals surface area contributed by atoms with Crippen LogP contribution in [0.4, 0.5) is 23.0 Å². The van der Waals surface area contributed by atoms with Crippen LogP contribution in [0.1, 0.15) is 13.8 Å². The summed E-state index contributed by atoms with van der Waals surface area (Å²) >= 11 is 0. The molecule has 2 aromatic heterocycles. The Morgan fingerprint density at radius 1 is 1.11 bits per heavy atom. The van der Waals surface area contributed by atoms with Crippen LogP contribution in [-0.4, -0.2) is 73.9 Å². The monoisotopic (exact) mass is 537 g/mol. The van der Waals surface area contributed by atoms with E-state index in [0.29, 0.717) is 39.8 Å². The molecule has 10 nitrogen and oxygen atoms in total. The molecule has 0 spiro atoms. The number of hydrogen-bond acceptors (Lipinski definition) is 9. The summed E-state index contributed by atoms with van der Waals surface area (Å²) in [6, 6.07) is 12.8. The minimum absolute atomic E-state index is 0.331. The number of nitrogens with two attached hydrogens (primary N) is 1. The zero-order chi connectivity index (χ0) is 27.6. The summed E-state index contributed by atoms with van der Waals surface area (Å²) in [5, 5.41) is 3.43. The van der Waals surface area contributed by atoms with Gasteiger partial charge in [0.25, 0.3) is 0 Å². The number of methoxy groups -OCH3 is 1. The maximum atomic E-state index is 13.0. The molecule has 4 rings (SSSR count). The van der Waals surface area contributed by atoms with Gasteiger partial charge in [-0.25, -0.2) is 22.4 Å². The quantitative estimate of drug-likeness (QED) is 0.289. The predicted molar refractivity (Wildman–Crippen MR) is 155 cm³/mol. The topological polar surface area (TPSA) is 119 Å². The number of nitrogen functional groups attached to an aromatic ring is 1. The van der Waals surface area contributed by atoms with Gasteiger partial charge in [0.1, 0.15) is 5.75 Å².